The molecule has 3 aromatic rings. The molecule has 7 N–H and O–H groups in total. The van der Waals surface area contributed by atoms with Gasteiger partial charge in [-0.1, -0.05) is 72.8 Å². The predicted octanol–water partition coefficient (Wildman–Crippen LogP) is 1.99. The van der Waals surface area contributed by atoms with Crippen LogP contribution in [-0.4, -0.2) is 71.6 Å². The van der Waals surface area contributed by atoms with Gasteiger partial charge in [0, 0.05) is 18.4 Å². The summed E-state index contributed by atoms with van der Waals surface area (Å²) in [6.07, 6.45) is -9.25. The van der Waals surface area contributed by atoms with Crippen LogP contribution in [0, 0.1) is 0 Å². The van der Waals surface area contributed by atoms with E-state index < -0.39 is 79.3 Å². The molecule has 250 valence electrons. The summed E-state index contributed by atoms with van der Waals surface area (Å²) in [6.45, 7) is 0.716. The van der Waals surface area contributed by atoms with Crippen LogP contribution in [0.2, 0.25) is 0 Å². The van der Waals surface area contributed by atoms with Crippen molar-refractivity contribution >= 4 is 29.5 Å². The quantitative estimate of drug-likeness (QED) is 0.146. The molecule has 11 nitrogen and oxygen atoms in total. The van der Waals surface area contributed by atoms with Gasteiger partial charge >= 0.3 is 6.18 Å². The molecule has 3 unspecified atom stereocenters. The number of rotatable bonds is 15. The van der Waals surface area contributed by atoms with Crippen molar-refractivity contribution < 1.29 is 42.3 Å². The molecule has 5 amide bonds. The lowest BCUT2D eigenvalue weighted by molar-refractivity contribution is -0.212. The van der Waals surface area contributed by atoms with Crippen LogP contribution in [0.25, 0.3) is 11.1 Å². The molecule has 0 aliphatic rings. The van der Waals surface area contributed by atoms with Crippen LogP contribution < -0.4 is 27.0 Å². The smallest absolute Gasteiger partial charge is 0.382 e. The van der Waals surface area contributed by atoms with Crippen molar-refractivity contribution in [2.24, 2.45) is 5.73 Å². The Hall–Kier alpha value is -5.24. The van der Waals surface area contributed by atoms with Gasteiger partial charge in [0.1, 0.15) is 12.1 Å². The van der Waals surface area contributed by atoms with E-state index in [4.69, 9.17) is 5.73 Å². The van der Waals surface area contributed by atoms with Crippen molar-refractivity contribution in [3.63, 3.8) is 0 Å². The fourth-order valence-electron chi connectivity index (χ4n) is 4.53. The first-order valence-corrected chi connectivity index (χ1v) is 14.7. The molecule has 3 rings (SSSR count). The van der Waals surface area contributed by atoms with Crippen LogP contribution in [0.4, 0.5) is 13.2 Å². The number of carbonyl (C=O) groups is 5. The fraction of sp³-hybridized carbons (Fsp3) is 0.303. The minimum absolute atomic E-state index is 0.0182. The topological polar surface area (TPSA) is 180 Å². The molecule has 3 aromatic carbocycles. The summed E-state index contributed by atoms with van der Waals surface area (Å²) in [5.41, 5.74) is 7.82. The van der Waals surface area contributed by atoms with E-state index in [0.29, 0.717) is 11.1 Å². The molecule has 0 aliphatic heterocycles. The van der Waals surface area contributed by atoms with E-state index in [1.165, 1.54) is 6.92 Å². The lowest BCUT2D eigenvalue weighted by Gasteiger charge is -2.27. The third-order valence-corrected chi connectivity index (χ3v) is 7.10. The van der Waals surface area contributed by atoms with Gasteiger partial charge in [0.05, 0.1) is 12.6 Å². The zero-order chi connectivity index (χ0) is 34.6. The second-order valence-electron chi connectivity index (χ2n) is 10.8. The summed E-state index contributed by atoms with van der Waals surface area (Å²) in [5.74, 6) is -4.09. The second-order valence-corrected chi connectivity index (χ2v) is 10.8. The van der Waals surface area contributed by atoms with Gasteiger partial charge in [-0.15, -0.1) is 0 Å². The molecule has 0 saturated heterocycles. The van der Waals surface area contributed by atoms with Crippen LogP contribution >= 0.6 is 0 Å². The van der Waals surface area contributed by atoms with Crippen LogP contribution in [0.1, 0.15) is 35.7 Å². The lowest BCUT2D eigenvalue weighted by atomic mass is 10.0. The van der Waals surface area contributed by atoms with E-state index in [0.717, 1.165) is 11.1 Å². The van der Waals surface area contributed by atoms with Crippen molar-refractivity contribution in [2.45, 2.75) is 56.6 Å². The molecular formula is C33H36F3N5O6. The predicted molar refractivity (Wildman–Crippen MR) is 166 cm³/mol. The molecule has 0 fully saturated rings. The van der Waals surface area contributed by atoms with Crippen LogP contribution in [0.5, 0.6) is 0 Å². The highest BCUT2D eigenvalue weighted by Crippen LogP contribution is 2.24. The molecule has 4 atom stereocenters. The Bertz CT molecular complexity index is 1520. The average Bonchev–Trinajstić information content (AvgIpc) is 3.05. The first-order valence-electron chi connectivity index (χ1n) is 14.7. The van der Waals surface area contributed by atoms with Crippen molar-refractivity contribution in [3.05, 3.63) is 96.1 Å². The molecule has 14 heteroatoms. The number of primary amides is 1. The van der Waals surface area contributed by atoms with Gasteiger partial charge in [-0.05, 0) is 42.2 Å². The Morgan fingerprint density at radius 2 is 1.36 bits per heavy atom. The lowest BCUT2D eigenvalue weighted by Crippen LogP contribution is -2.57. The Morgan fingerprint density at radius 1 is 0.787 bits per heavy atom. The molecule has 0 radical (unpaired) electrons. The standard InChI is InChI=1S/C33H36F3N5O6/c1-20(30(45)41-25(16-17-27(37)42)29(44)33(34,35)36)39-32(47)26(18-21-8-4-2-5-9-21)40-28(43)19-38-31(46)24-14-12-23(13-15-24)22-10-6-3-7-11-22/h2-15,20,25-26,29,44H,16-19H2,1H3,(H2,37,42)(H,38,46)(H,39,47)(H,40,43)(H,41,45)/t20-,25?,26?,29?/m1/s1. The molecular weight excluding hydrogens is 619 g/mol. The number of halogens is 3. The van der Waals surface area contributed by atoms with Gasteiger partial charge in [0.15, 0.2) is 6.10 Å². The van der Waals surface area contributed by atoms with E-state index in [-0.39, 0.29) is 6.42 Å². The maximum absolute atomic E-state index is 13.2. The van der Waals surface area contributed by atoms with E-state index in [9.17, 15) is 42.3 Å². The molecule has 0 heterocycles. The Balaban J connectivity index is 1.63. The van der Waals surface area contributed by atoms with Crippen molar-refractivity contribution in [1.29, 1.82) is 0 Å². The number of aliphatic hydroxyl groups excluding tert-OH is 1. The Kier molecular flexibility index (Phi) is 13.0. The summed E-state index contributed by atoms with van der Waals surface area (Å²) >= 11 is 0. The number of hydrogen-bond donors (Lipinski definition) is 6. The SMILES string of the molecule is C[C@@H](NC(=O)C(Cc1ccccc1)NC(=O)CNC(=O)c1ccc(-c2ccccc2)cc1)C(=O)NC(CCC(N)=O)C(O)C(F)(F)F. The van der Waals surface area contributed by atoms with Crippen molar-refractivity contribution in [3.8, 4) is 11.1 Å². The summed E-state index contributed by atoms with van der Waals surface area (Å²) in [5, 5.41) is 19.1. The average molecular weight is 656 g/mol. The number of carbonyl (C=O) groups excluding carboxylic acids is 5. The number of aliphatic hydroxyl groups is 1. The normalized spacial score (nSPS) is 13.7. The molecule has 0 saturated carbocycles. The maximum Gasteiger partial charge on any atom is 0.416 e. The summed E-state index contributed by atoms with van der Waals surface area (Å²) in [7, 11) is 0. The van der Waals surface area contributed by atoms with Crippen LogP contribution in [-0.2, 0) is 25.6 Å². The first kappa shape index (κ1) is 36.2. The van der Waals surface area contributed by atoms with E-state index in [1.807, 2.05) is 35.6 Å². The maximum atomic E-state index is 13.2. The molecule has 0 bridgehead atoms. The summed E-state index contributed by atoms with van der Waals surface area (Å²) in [4.78, 5) is 62.6. The minimum atomic E-state index is -5.10. The third-order valence-electron chi connectivity index (χ3n) is 7.10. The molecule has 0 spiro atoms. The Labute approximate surface area is 269 Å². The van der Waals surface area contributed by atoms with Crippen molar-refractivity contribution in [1.82, 2.24) is 21.3 Å². The zero-order valence-corrected chi connectivity index (χ0v) is 25.4. The van der Waals surface area contributed by atoms with Gasteiger partial charge in [-0.3, -0.25) is 24.0 Å². The van der Waals surface area contributed by atoms with Gasteiger partial charge < -0.3 is 32.1 Å². The van der Waals surface area contributed by atoms with Crippen molar-refractivity contribution in [2.75, 3.05) is 6.54 Å². The number of alkyl halides is 3. The van der Waals surface area contributed by atoms with Gasteiger partial charge in [-0.2, -0.15) is 13.2 Å². The summed E-state index contributed by atoms with van der Waals surface area (Å²) in [6, 6.07) is 20.3. The highest BCUT2D eigenvalue weighted by molar-refractivity contribution is 5.98. The highest BCUT2D eigenvalue weighted by Gasteiger charge is 2.44. The van der Waals surface area contributed by atoms with Crippen LogP contribution in [0.3, 0.4) is 0 Å². The van der Waals surface area contributed by atoms with Crippen LogP contribution in [0.15, 0.2) is 84.9 Å². The number of amides is 5. The third kappa shape index (κ3) is 11.6. The number of nitrogens with one attached hydrogen (secondary N) is 4. The number of nitrogens with two attached hydrogens (primary N) is 1. The fourth-order valence-corrected chi connectivity index (χ4v) is 4.53. The van der Waals surface area contributed by atoms with Gasteiger partial charge in [0.2, 0.25) is 23.6 Å². The van der Waals surface area contributed by atoms with E-state index in [1.54, 1.807) is 54.6 Å². The second kappa shape index (κ2) is 16.9. The summed E-state index contributed by atoms with van der Waals surface area (Å²) < 4.78 is 39.5. The van der Waals surface area contributed by atoms with Gasteiger partial charge in [0.25, 0.3) is 5.91 Å². The first-order chi connectivity index (χ1) is 22.2. The molecule has 47 heavy (non-hydrogen) atoms. The monoisotopic (exact) mass is 655 g/mol. The highest BCUT2D eigenvalue weighted by atomic mass is 19.4. The Morgan fingerprint density at radius 3 is 1.94 bits per heavy atom. The van der Waals surface area contributed by atoms with E-state index in [2.05, 4.69) is 16.0 Å². The number of hydrogen-bond acceptors (Lipinski definition) is 6. The largest absolute Gasteiger partial charge is 0.416 e. The molecule has 0 aromatic heterocycles. The van der Waals surface area contributed by atoms with Gasteiger partial charge in [-0.25, -0.2) is 0 Å². The number of benzene rings is 3. The molecule has 0 aliphatic carbocycles. The zero-order valence-electron chi connectivity index (χ0n) is 25.4. The van der Waals surface area contributed by atoms with E-state index >= 15 is 0 Å². The minimum Gasteiger partial charge on any atom is -0.382 e.